The first-order chi connectivity index (χ1) is 15.4. The average molecular weight is 442 g/mol. The van der Waals surface area contributed by atoms with Gasteiger partial charge in [0.05, 0.1) is 0 Å². The second kappa shape index (κ2) is 10.8. The number of ether oxygens (including phenoxy) is 2. The fourth-order valence-corrected chi connectivity index (χ4v) is 3.41. The van der Waals surface area contributed by atoms with E-state index in [1.54, 1.807) is 54.6 Å². The van der Waals surface area contributed by atoms with E-state index in [-0.39, 0.29) is 43.5 Å². The van der Waals surface area contributed by atoms with E-state index in [2.05, 4.69) is 0 Å². The van der Waals surface area contributed by atoms with E-state index in [0.29, 0.717) is 5.56 Å². The van der Waals surface area contributed by atoms with Gasteiger partial charge in [0.1, 0.15) is 36.6 Å². The molecule has 3 aromatic carbocycles. The standard InChI is InChI=1S/C26H25F3O3/c1-19(14-15-30)16-22-12-13-23(31-17-20-8-4-2-5-9-20)24(26(27,28)29)25(22)32-18-21-10-6-3-7-11-21/h2-13,15,19H,14,16-18H2,1H3. The Hall–Kier alpha value is -3.28. The third kappa shape index (κ3) is 6.36. The number of carbonyl (C=O) groups is 1. The Morgan fingerprint density at radius 1 is 0.844 bits per heavy atom. The van der Waals surface area contributed by atoms with Gasteiger partial charge < -0.3 is 14.3 Å². The van der Waals surface area contributed by atoms with Gasteiger partial charge in [-0.1, -0.05) is 73.7 Å². The number of halogens is 3. The molecule has 0 N–H and O–H groups in total. The normalized spacial score (nSPS) is 12.2. The van der Waals surface area contributed by atoms with Crippen LogP contribution >= 0.6 is 0 Å². The van der Waals surface area contributed by atoms with E-state index in [1.165, 1.54) is 6.07 Å². The molecule has 0 bridgehead atoms. The van der Waals surface area contributed by atoms with Crippen LogP contribution in [0, 0.1) is 5.92 Å². The van der Waals surface area contributed by atoms with Crippen LogP contribution in [0.1, 0.15) is 35.6 Å². The van der Waals surface area contributed by atoms with Crippen molar-refractivity contribution in [1.82, 2.24) is 0 Å². The molecule has 1 unspecified atom stereocenters. The highest BCUT2D eigenvalue weighted by atomic mass is 19.4. The van der Waals surface area contributed by atoms with Crippen LogP contribution in [0.15, 0.2) is 72.8 Å². The SMILES string of the molecule is CC(CC=O)Cc1ccc(OCc2ccccc2)c(C(F)(F)F)c1OCc1ccccc1. The largest absolute Gasteiger partial charge is 0.488 e. The van der Waals surface area contributed by atoms with Gasteiger partial charge >= 0.3 is 6.18 Å². The first-order valence-electron chi connectivity index (χ1n) is 10.4. The Morgan fingerprint density at radius 3 is 1.94 bits per heavy atom. The number of benzene rings is 3. The lowest BCUT2D eigenvalue weighted by atomic mass is 9.95. The van der Waals surface area contributed by atoms with Crippen LogP contribution in [0.5, 0.6) is 11.5 Å². The Labute approximate surface area is 185 Å². The van der Waals surface area contributed by atoms with Crippen LogP contribution < -0.4 is 9.47 Å². The molecule has 3 nitrogen and oxygen atoms in total. The summed E-state index contributed by atoms with van der Waals surface area (Å²) >= 11 is 0. The summed E-state index contributed by atoms with van der Waals surface area (Å²) < 4.78 is 54.0. The van der Waals surface area contributed by atoms with Gasteiger partial charge in [-0.2, -0.15) is 13.2 Å². The van der Waals surface area contributed by atoms with Gasteiger partial charge in [0.15, 0.2) is 0 Å². The lowest BCUT2D eigenvalue weighted by Gasteiger charge is -2.22. The molecule has 0 aromatic heterocycles. The predicted octanol–water partition coefficient (Wildman–Crippen LogP) is 6.63. The number of rotatable bonds is 10. The predicted molar refractivity (Wildman–Crippen MR) is 117 cm³/mol. The van der Waals surface area contributed by atoms with Gasteiger partial charge in [0, 0.05) is 6.42 Å². The van der Waals surface area contributed by atoms with Gasteiger partial charge in [-0.3, -0.25) is 0 Å². The Balaban J connectivity index is 1.98. The number of aldehydes is 1. The summed E-state index contributed by atoms with van der Waals surface area (Å²) in [4.78, 5) is 10.9. The lowest BCUT2D eigenvalue weighted by Crippen LogP contribution is -2.14. The molecule has 0 aliphatic carbocycles. The molecule has 0 aliphatic rings. The molecule has 0 amide bonds. The third-order valence-electron chi connectivity index (χ3n) is 5.01. The van der Waals surface area contributed by atoms with Crippen LogP contribution in [0.4, 0.5) is 13.2 Å². The summed E-state index contributed by atoms with van der Waals surface area (Å²) in [6, 6.07) is 20.9. The van der Waals surface area contributed by atoms with Gasteiger partial charge in [0.2, 0.25) is 0 Å². The van der Waals surface area contributed by atoms with Crippen molar-refractivity contribution in [2.24, 2.45) is 5.92 Å². The summed E-state index contributed by atoms with van der Waals surface area (Å²) in [5.41, 5.74) is 0.981. The first kappa shape index (κ1) is 23.4. The van der Waals surface area contributed by atoms with E-state index >= 15 is 0 Å². The van der Waals surface area contributed by atoms with Crippen LogP contribution in [0.3, 0.4) is 0 Å². The second-order valence-corrected chi connectivity index (χ2v) is 7.68. The van der Waals surface area contributed by atoms with Gasteiger partial charge in [-0.05, 0) is 35.1 Å². The Kier molecular flexibility index (Phi) is 7.92. The highest BCUT2D eigenvalue weighted by Gasteiger charge is 2.39. The third-order valence-corrected chi connectivity index (χ3v) is 5.01. The van der Waals surface area contributed by atoms with E-state index in [0.717, 1.165) is 17.4 Å². The fourth-order valence-electron chi connectivity index (χ4n) is 3.41. The van der Waals surface area contributed by atoms with Crippen molar-refractivity contribution in [3.8, 4) is 11.5 Å². The summed E-state index contributed by atoms with van der Waals surface area (Å²) in [6.07, 6.45) is -3.37. The lowest BCUT2D eigenvalue weighted by molar-refractivity contribution is -0.140. The topological polar surface area (TPSA) is 35.5 Å². The van der Waals surface area contributed by atoms with Crippen molar-refractivity contribution in [3.63, 3.8) is 0 Å². The molecular weight excluding hydrogens is 417 g/mol. The van der Waals surface area contributed by atoms with Crippen molar-refractivity contribution in [2.45, 2.75) is 39.2 Å². The monoisotopic (exact) mass is 442 g/mol. The molecule has 0 spiro atoms. The van der Waals surface area contributed by atoms with E-state index in [1.807, 2.05) is 19.1 Å². The van der Waals surface area contributed by atoms with Crippen molar-refractivity contribution >= 4 is 6.29 Å². The zero-order chi connectivity index (χ0) is 23.0. The maximum absolute atomic E-state index is 14.2. The summed E-state index contributed by atoms with van der Waals surface area (Å²) in [6.45, 7) is 1.81. The van der Waals surface area contributed by atoms with Crippen molar-refractivity contribution in [1.29, 1.82) is 0 Å². The molecule has 0 saturated heterocycles. The fraction of sp³-hybridized carbons (Fsp3) is 0.269. The number of hydrogen-bond acceptors (Lipinski definition) is 3. The van der Waals surface area contributed by atoms with Gasteiger partial charge in [-0.15, -0.1) is 0 Å². The zero-order valence-electron chi connectivity index (χ0n) is 17.8. The highest BCUT2D eigenvalue weighted by Crippen LogP contribution is 2.45. The minimum atomic E-state index is -4.68. The number of alkyl halides is 3. The minimum absolute atomic E-state index is 0.00291. The Bertz CT molecular complexity index is 1000. The van der Waals surface area contributed by atoms with E-state index < -0.39 is 11.7 Å². The van der Waals surface area contributed by atoms with Crippen LogP contribution in [0.2, 0.25) is 0 Å². The quantitative estimate of drug-likeness (QED) is 0.331. The van der Waals surface area contributed by atoms with E-state index in [9.17, 15) is 18.0 Å². The van der Waals surface area contributed by atoms with E-state index in [4.69, 9.17) is 9.47 Å². The molecule has 168 valence electrons. The molecule has 0 aliphatic heterocycles. The minimum Gasteiger partial charge on any atom is -0.488 e. The zero-order valence-corrected chi connectivity index (χ0v) is 17.8. The summed E-state index contributed by atoms with van der Waals surface area (Å²) in [5, 5.41) is 0. The van der Waals surface area contributed by atoms with Gasteiger partial charge in [-0.25, -0.2) is 0 Å². The number of hydrogen-bond donors (Lipinski definition) is 0. The molecule has 32 heavy (non-hydrogen) atoms. The molecule has 6 heteroatoms. The van der Waals surface area contributed by atoms with Crippen molar-refractivity contribution in [3.05, 3.63) is 95.1 Å². The van der Waals surface area contributed by atoms with Crippen LogP contribution in [0.25, 0.3) is 0 Å². The van der Waals surface area contributed by atoms with Crippen molar-refractivity contribution < 1.29 is 27.4 Å². The molecule has 1 atom stereocenters. The van der Waals surface area contributed by atoms with Gasteiger partial charge in [0.25, 0.3) is 0 Å². The molecule has 3 aromatic rings. The first-order valence-corrected chi connectivity index (χ1v) is 10.4. The summed E-state index contributed by atoms with van der Waals surface area (Å²) in [7, 11) is 0. The highest BCUT2D eigenvalue weighted by molar-refractivity contribution is 5.53. The second-order valence-electron chi connectivity index (χ2n) is 7.68. The van der Waals surface area contributed by atoms with Crippen LogP contribution in [-0.4, -0.2) is 6.29 Å². The molecule has 0 fully saturated rings. The Morgan fingerprint density at radius 2 is 1.41 bits per heavy atom. The molecule has 0 heterocycles. The molecule has 3 rings (SSSR count). The molecule has 0 saturated carbocycles. The molecule has 0 radical (unpaired) electrons. The smallest absolute Gasteiger partial charge is 0.423 e. The maximum atomic E-state index is 14.2. The maximum Gasteiger partial charge on any atom is 0.423 e. The van der Waals surface area contributed by atoms with Crippen molar-refractivity contribution in [2.75, 3.05) is 0 Å². The number of carbonyl (C=O) groups excluding carboxylic acids is 1. The summed E-state index contributed by atoms with van der Waals surface area (Å²) in [5.74, 6) is -0.649. The van der Waals surface area contributed by atoms with Crippen LogP contribution in [-0.2, 0) is 30.6 Å². The average Bonchev–Trinajstić information content (AvgIpc) is 2.78. The molecular formula is C26H25F3O3.